The molecule has 0 saturated heterocycles. The van der Waals surface area contributed by atoms with Crippen molar-refractivity contribution in [1.82, 2.24) is 9.88 Å². The molecule has 4 aromatic rings. The van der Waals surface area contributed by atoms with Crippen LogP contribution in [0.15, 0.2) is 59.3 Å². The van der Waals surface area contributed by atoms with Crippen molar-refractivity contribution in [2.75, 3.05) is 0 Å². The predicted octanol–water partition coefficient (Wildman–Crippen LogP) is 4.89. The summed E-state index contributed by atoms with van der Waals surface area (Å²) < 4.78 is 15.5. The summed E-state index contributed by atoms with van der Waals surface area (Å²) in [7, 11) is 0. The van der Waals surface area contributed by atoms with Crippen LogP contribution >= 0.6 is 22.7 Å². The number of halogens is 1. The van der Waals surface area contributed by atoms with Gasteiger partial charge in [-0.15, -0.1) is 22.7 Å². The van der Waals surface area contributed by atoms with E-state index >= 15 is 0 Å². The number of rotatable bonds is 5. The zero-order valence-electron chi connectivity index (χ0n) is 13.2. The molecule has 0 aliphatic carbocycles. The molecular weight excluding hydrogens is 355 g/mol. The quantitative estimate of drug-likeness (QED) is 0.533. The summed E-state index contributed by atoms with van der Waals surface area (Å²) >= 11 is 3.22. The summed E-state index contributed by atoms with van der Waals surface area (Å²) in [5, 5.41) is 7.74. The molecule has 0 radical (unpaired) electrons. The van der Waals surface area contributed by atoms with E-state index in [0.29, 0.717) is 6.54 Å². The molecule has 0 fully saturated rings. The van der Waals surface area contributed by atoms with E-state index in [1.165, 1.54) is 12.1 Å². The lowest BCUT2D eigenvalue weighted by Gasteiger charge is -2.10. The Morgan fingerprint density at radius 2 is 1.92 bits per heavy atom. The van der Waals surface area contributed by atoms with Gasteiger partial charge >= 0.3 is 0 Å². The van der Waals surface area contributed by atoms with Gasteiger partial charge in [0.25, 0.3) is 0 Å². The van der Waals surface area contributed by atoms with Gasteiger partial charge in [-0.25, -0.2) is 4.39 Å². The first-order valence-corrected chi connectivity index (χ1v) is 9.58. The van der Waals surface area contributed by atoms with E-state index in [4.69, 9.17) is 0 Å². The minimum atomic E-state index is -0.274. The molecule has 0 aliphatic heterocycles. The summed E-state index contributed by atoms with van der Waals surface area (Å²) in [6, 6.07) is 14.6. The molecule has 0 spiro atoms. The standard InChI is InChI=1S/C19H15FN2OS2/c20-14-5-6-16-13(9-14)10-17(18-4-2-8-25-18)22(16)12-19(23)21-11-15-3-1-7-24-15/h1-10H,11-12H2,(H,21,23). The molecule has 1 N–H and O–H groups in total. The van der Waals surface area contributed by atoms with Crippen molar-refractivity contribution < 1.29 is 9.18 Å². The molecule has 6 heteroatoms. The van der Waals surface area contributed by atoms with Crippen LogP contribution in [0.25, 0.3) is 21.5 Å². The van der Waals surface area contributed by atoms with E-state index in [0.717, 1.165) is 26.4 Å². The lowest BCUT2D eigenvalue weighted by atomic mass is 10.2. The smallest absolute Gasteiger partial charge is 0.240 e. The molecule has 0 bridgehead atoms. The number of amides is 1. The molecular formula is C19H15FN2OS2. The fraction of sp³-hybridized carbons (Fsp3) is 0.105. The van der Waals surface area contributed by atoms with Gasteiger partial charge in [0.1, 0.15) is 12.4 Å². The zero-order chi connectivity index (χ0) is 17.2. The maximum atomic E-state index is 13.6. The highest BCUT2D eigenvalue weighted by Gasteiger charge is 2.15. The SMILES string of the molecule is O=C(Cn1c(-c2cccs2)cc2cc(F)ccc21)NCc1cccs1. The Bertz CT molecular complexity index is 1000. The molecule has 126 valence electrons. The Kier molecular flexibility index (Phi) is 4.38. The van der Waals surface area contributed by atoms with Crippen molar-refractivity contribution in [3.63, 3.8) is 0 Å². The Morgan fingerprint density at radius 3 is 2.68 bits per heavy atom. The van der Waals surface area contributed by atoms with E-state index in [2.05, 4.69) is 5.32 Å². The Labute approximate surface area is 152 Å². The van der Waals surface area contributed by atoms with Crippen molar-refractivity contribution in [2.45, 2.75) is 13.1 Å². The van der Waals surface area contributed by atoms with Crippen molar-refractivity contribution >= 4 is 39.5 Å². The van der Waals surface area contributed by atoms with Gasteiger partial charge in [0.2, 0.25) is 5.91 Å². The maximum absolute atomic E-state index is 13.6. The summed E-state index contributed by atoms with van der Waals surface area (Å²) in [6.07, 6.45) is 0. The topological polar surface area (TPSA) is 34.0 Å². The van der Waals surface area contributed by atoms with E-state index < -0.39 is 0 Å². The van der Waals surface area contributed by atoms with Crippen molar-refractivity contribution in [3.05, 3.63) is 70.0 Å². The van der Waals surface area contributed by atoms with Crippen molar-refractivity contribution in [2.24, 2.45) is 0 Å². The van der Waals surface area contributed by atoms with Crippen LogP contribution in [0, 0.1) is 5.82 Å². The van der Waals surface area contributed by atoms with Crippen LogP contribution in [0.1, 0.15) is 4.88 Å². The second kappa shape index (κ2) is 6.82. The molecule has 4 rings (SSSR count). The maximum Gasteiger partial charge on any atom is 0.240 e. The van der Waals surface area contributed by atoms with Crippen LogP contribution < -0.4 is 5.32 Å². The normalized spacial score (nSPS) is 11.1. The van der Waals surface area contributed by atoms with Gasteiger partial charge in [0, 0.05) is 15.8 Å². The number of hydrogen-bond donors (Lipinski definition) is 1. The molecule has 25 heavy (non-hydrogen) atoms. The predicted molar refractivity (Wildman–Crippen MR) is 101 cm³/mol. The van der Waals surface area contributed by atoms with Gasteiger partial charge in [0.05, 0.1) is 17.1 Å². The van der Waals surface area contributed by atoms with E-state index in [9.17, 15) is 9.18 Å². The highest BCUT2D eigenvalue weighted by Crippen LogP contribution is 2.31. The number of hydrogen-bond acceptors (Lipinski definition) is 3. The van der Waals surface area contributed by atoms with Gasteiger partial charge in [-0.3, -0.25) is 4.79 Å². The largest absolute Gasteiger partial charge is 0.350 e. The Balaban J connectivity index is 1.65. The number of benzene rings is 1. The zero-order valence-corrected chi connectivity index (χ0v) is 14.9. The lowest BCUT2D eigenvalue weighted by molar-refractivity contribution is -0.121. The highest BCUT2D eigenvalue weighted by molar-refractivity contribution is 7.13. The molecule has 1 amide bonds. The van der Waals surface area contributed by atoms with Gasteiger partial charge in [0.15, 0.2) is 0 Å². The van der Waals surface area contributed by atoms with Crippen LogP contribution in [0.3, 0.4) is 0 Å². The monoisotopic (exact) mass is 370 g/mol. The number of carbonyl (C=O) groups excluding carboxylic acids is 1. The molecule has 3 nitrogen and oxygen atoms in total. The lowest BCUT2D eigenvalue weighted by Crippen LogP contribution is -2.26. The number of nitrogens with zero attached hydrogens (tertiary/aromatic N) is 1. The summed E-state index contributed by atoms with van der Waals surface area (Å²) in [4.78, 5) is 14.6. The van der Waals surface area contributed by atoms with Crippen LogP contribution in [-0.4, -0.2) is 10.5 Å². The number of aromatic nitrogens is 1. The van der Waals surface area contributed by atoms with Gasteiger partial charge in [-0.2, -0.15) is 0 Å². The summed E-state index contributed by atoms with van der Waals surface area (Å²) in [5.74, 6) is -0.336. The van der Waals surface area contributed by atoms with Crippen molar-refractivity contribution in [3.8, 4) is 10.6 Å². The molecule has 0 atom stereocenters. The fourth-order valence-electron chi connectivity index (χ4n) is 2.84. The number of fused-ring (bicyclic) bond motifs is 1. The van der Waals surface area contributed by atoms with Crippen LogP contribution in [0.4, 0.5) is 4.39 Å². The van der Waals surface area contributed by atoms with Gasteiger partial charge in [-0.1, -0.05) is 12.1 Å². The van der Waals surface area contributed by atoms with Gasteiger partial charge in [-0.05, 0) is 47.2 Å². The first-order chi connectivity index (χ1) is 12.2. The minimum absolute atomic E-state index is 0.0620. The second-order valence-corrected chi connectivity index (χ2v) is 7.63. The third-order valence-corrected chi connectivity index (χ3v) is 5.75. The van der Waals surface area contributed by atoms with E-state index in [1.54, 1.807) is 28.7 Å². The number of carbonyl (C=O) groups is 1. The molecule has 3 heterocycles. The Hall–Kier alpha value is -2.44. The Morgan fingerprint density at radius 1 is 1.08 bits per heavy atom. The van der Waals surface area contributed by atoms with E-state index in [1.807, 2.05) is 45.7 Å². The molecule has 0 saturated carbocycles. The number of nitrogens with one attached hydrogen (secondary N) is 1. The molecule has 1 aromatic carbocycles. The second-order valence-electron chi connectivity index (χ2n) is 5.65. The van der Waals surface area contributed by atoms with Crippen LogP contribution in [0.5, 0.6) is 0 Å². The average Bonchev–Trinajstić information content (AvgIpc) is 3.34. The van der Waals surface area contributed by atoms with Crippen molar-refractivity contribution in [1.29, 1.82) is 0 Å². The molecule has 3 aromatic heterocycles. The van der Waals surface area contributed by atoms with Gasteiger partial charge < -0.3 is 9.88 Å². The van der Waals surface area contributed by atoms with Crippen LogP contribution in [-0.2, 0) is 17.9 Å². The average molecular weight is 370 g/mol. The fourth-order valence-corrected chi connectivity index (χ4v) is 4.23. The third kappa shape index (κ3) is 3.36. The first-order valence-electron chi connectivity index (χ1n) is 7.82. The summed E-state index contributed by atoms with van der Waals surface area (Å²) in [5.41, 5.74) is 1.79. The minimum Gasteiger partial charge on any atom is -0.350 e. The van der Waals surface area contributed by atoms with E-state index in [-0.39, 0.29) is 18.3 Å². The first kappa shape index (κ1) is 16.1. The van der Waals surface area contributed by atoms with Crippen LogP contribution in [0.2, 0.25) is 0 Å². The number of thiophene rings is 2. The molecule has 0 aliphatic rings. The summed E-state index contributed by atoms with van der Waals surface area (Å²) in [6.45, 7) is 0.729. The highest BCUT2D eigenvalue weighted by atomic mass is 32.1. The third-order valence-electron chi connectivity index (χ3n) is 3.98. The molecule has 0 unspecified atom stereocenters.